The van der Waals surface area contributed by atoms with Crippen molar-refractivity contribution in [1.82, 2.24) is 29.6 Å². The average Bonchev–Trinajstić information content (AvgIpc) is 3.47. The van der Waals surface area contributed by atoms with Gasteiger partial charge >= 0.3 is 0 Å². The minimum absolute atomic E-state index is 0.0607. The van der Waals surface area contributed by atoms with Crippen molar-refractivity contribution in [2.45, 2.75) is 46.8 Å². The van der Waals surface area contributed by atoms with E-state index in [2.05, 4.69) is 20.4 Å². The number of aromatic nitrogens is 5. The molecule has 0 spiro atoms. The Kier molecular flexibility index (Phi) is 6.49. The number of carbonyl (C=O) groups is 1. The van der Waals surface area contributed by atoms with Crippen LogP contribution in [-0.4, -0.2) is 42.4 Å². The predicted octanol–water partition coefficient (Wildman–Crippen LogP) is 5.19. The molecule has 0 aliphatic carbocycles. The summed E-state index contributed by atoms with van der Waals surface area (Å²) in [6.07, 6.45) is 5.13. The number of hydrogen-bond acceptors (Lipinski definition) is 5. The molecule has 0 saturated heterocycles. The van der Waals surface area contributed by atoms with Gasteiger partial charge in [0.2, 0.25) is 0 Å². The Labute approximate surface area is 224 Å². The number of nitrogens with one attached hydrogen (secondary N) is 2. The van der Waals surface area contributed by atoms with Crippen LogP contribution in [0.1, 0.15) is 42.5 Å². The van der Waals surface area contributed by atoms with Crippen LogP contribution in [0.25, 0.3) is 32.9 Å². The molecule has 9 nitrogen and oxygen atoms in total. The molecule has 2 N–H and O–H groups in total. The zero-order chi connectivity index (χ0) is 28.1. The summed E-state index contributed by atoms with van der Waals surface area (Å²) in [4.78, 5) is 33.1. The number of ether oxygens (including phenoxy) is 1. The number of H-pyrrole nitrogens is 1. The molecule has 39 heavy (non-hydrogen) atoms. The molecule has 0 saturated carbocycles. The zero-order valence-electron chi connectivity index (χ0n) is 22.8. The summed E-state index contributed by atoms with van der Waals surface area (Å²) in [6, 6.07) is 7.30. The van der Waals surface area contributed by atoms with Crippen LogP contribution in [0, 0.1) is 13.8 Å². The molecular weight excluding hydrogens is 499 g/mol. The molecule has 0 fully saturated rings. The molecular formula is C29H31FN6O3. The molecule has 5 rings (SSSR count). The number of fused-ring (bicyclic) bond motifs is 2. The Hall–Kier alpha value is -4.47. The van der Waals surface area contributed by atoms with Gasteiger partial charge in [-0.15, -0.1) is 0 Å². The van der Waals surface area contributed by atoms with Crippen LogP contribution in [0.3, 0.4) is 0 Å². The van der Waals surface area contributed by atoms with Crippen LogP contribution in [-0.2, 0) is 13.6 Å². The van der Waals surface area contributed by atoms with E-state index in [4.69, 9.17) is 4.74 Å². The minimum Gasteiger partial charge on any atom is -0.455 e. The molecule has 10 heteroatoms. The second kappa shape index (κ2) is 9.68. The number of halogens is 1. The molecule has 0 atom stereocenters. The number of pyridine rings is 2. The normalized spacial score (nSPS) is 11.9. The van der Waals surface area contributed by atoms with Gasteiger partial charge in [-0.2, -0.15) is 5.10 Å². The summed E-state index contributed by atoms with van der Waals surface area (Å²) in [5.41, 5.74) is 2.51. The fourth-order valence-corrected chi connectivity index (χ4v) is 4.75. The van der Waals surface area contributed by atoms with Gasteiger partial charge < -0.3 is 19.6 Å². The van der Waals surface area contributed by atoms with Gasteiger partial charge in [-0.05, 0) is 64.4 Å². The lowest BCUT2D eigenvalue weighted by Gasteiger charge is -2.18. The molecule has 4 heterocycles. The maximum absolute atomic E-state index is 14.6. The first-order valence-electron chi connectivity index (χ1n) is 12.8. The van der Waals surface area contributed by atoms with Gasteiger partial charge in [-0.1, -0.05) is 0 Å². The molecule has 0 unspecified atom stereocenters. The van der Waals surface area contributed by atoms with Crippen molar-refractivity contribution in [3.8, 4) is 22.6 Å². The van der Waals surface area contributed by atoms with Crippen molar-refractivity contribution >= 4 is 27.7 Å². The van der Waals surface area contributed by atoms with Crippen molar-refractivity contribution in [1.29, 1.82) is 0 Å². The standard InChI is InChI=1S/C29H31FN6O3/c1-7-31-27(37)22-11-20-21(14-35(6)28(38)25(20)34-22)19-12-23-18(13-33-36(23)15-29(4,5)30)10-24(19)39-26-16(2)8-9-32-17(26)3/h8-14,34H,7,15H2,1-6H3,(H,31,37). The number of rotatable bonds is 7. The fourth-order valence-electron chi connectivity index (χ4n) is 4.75. The van der Waals surface area contributed by atoms with Crippen molar-refractivity contribution in [3.63, 3.8) is 0 Å². The van der Waals surface area contributed by atoms with Gasteiger partial charge in [-0.3, -0.25) is 19.3 Å². The van der Waals surface area contributed by atoms with Crippen molar-refractivity contribution in [2.75, 3.05) is 6.54 Å². The topological polar surface area (TPSA) is 107 Å². The number of amides is 1. The summed E-state index contributed by atoms with van der Waals surface area (Å²) >= 11 is 0. The maximum Gasteiger partial charge on any atom is 0.274 e. The lowest BCUT2D eigenvalue weighted by atomic mass is 10.0. The molecule has 5 aromatic rings. The van der Waals surface area contributed by atoms with Gasteiger partial charge in [0.1, 0.15) is 22.6 Å². The zero-order valence-corrected chi connectivity index (χ0v) is 22.8. The molecule has 0 radical (unpaired) electrons. The van der Waals surface area contributed by atoms with Gasteiger partial charge in [-0.25, -0.2) is 4.39 Å². The first-order chi connectivity index (χ1) is 18.5. The first kappa shape index (κ1) is 26.1. The molecule has 0 aliphatic heterocycles. The number of aryl methyl sites for hydroxylation is 3. The molecule has 1 aromatic carbocycles. The predicted molar refractivity (Wildman–Crippen MR) is 149 cm³/mol. The summed E-state index contributed by atoms with van der Waals surface area (Å²) in [5, 5.41) is 8.54. The van der Waals surface area contributed by atoms with Gasteiger partial charge in [0, 0.05) is 47.9 Å². The van der Waals surface area contributed by atoms with Crippen LogP contribution < -0.4 is 15.6 Å². The quantitative estimate of drug-likeness (QED) is 0.301. The number of aromatic amines is 1. The van der Waals surface area contributed by atoms with Gasteiger partial charge in [0.25, 0.3) is 11.5 Å². The largest absolute Gasteiger partial charge is 0.455 e. The highest BCUT2D eigenvalue weighted by molar-refractivity contribution is 6.04. The number of hydrogen-bond donors (Lipinski definition) is 2. The second-order valence-corrected chi connectivity index (χ2v) is 10.4. The van der Waals surface area contributed by atoms with Gasteiger partial charge in [0.15, 0.2) is 5.75 Å². The molecule has 202 valence electrons. The average molecular weight is 531 g/mol. The Balaban J connectivity index is 1.80. The van der Waals surface area contributed by atoms with Crippen LogP contribution >= 0.6 is 0 Å². The van der Waals surface area contributed by atoms with E-state index in [9.17, 15) is 14.0 Å². The lowest BCUT2D eigenvalue weighted by molar-refractivity contribution is 0.0951. The van der Waals surface area contributed by atoms with E-state index >= 15 is 0 Å². The van der Waals surface area contributed by atoms with E-state index in [-0.39, 0.29) is 23.7 Å². The maximum atomic E-state index is 14.6. The summed E-state index contributed by atoms with van der Waals surface area (Å²) in [7, 11) is 1.66. The van der Waals surface area contributed by atoms with E-state index in [1.807, 2.05) is 39.0 Å². The Morgan fingerprint density at radius 3 is 2.67 bits per heavy atom. The third kappa shape index (κ3) is 4.89. The Morgan fingerprint density at radius 2 is 1.97 bits per heavy atom. The van der Waals surface area contributed by atoms with Crippen LogP contribution in [0.5, 0.6) is 11.5 Å². The van der Waals surface area contributed by atoms with Crippen LogP contribution in [0.15, 0.2) is 47.7 Å². The summed E-state index contributed by atoms with van der Waals surface area (Å²) in [6.45, 7) is 9.17. The number of carbonyl (C=O) groups excluding carboxylic acids is 1. The monoisotopic (exact) mass is 530 g/mol. The van der Waals surface area contributed by atoms with E-state index < -0.39 is 5.67 Å². The Morgan fingerprint density at radius 1 is 1.21 bits per heavy atom. The summed E-state index contributed by atoms with van der Waals surface area (Å²) < 4.78 is 24.2. The van der Waals surface area contributed by atoms with Gasteiger partial charge in [0.05, 0.1) is 24.0 Å². The van der Waals surface area contributed by atoms with Crippen molar-refractivity contribution < 1.29 is 13.9 Å². The lowest BCUT2D eigenvalue weighted by Crippen LogP contribution is -2.23. The Bertz CT molecular complexity index is 1770. The number of benzene rings is 1. The van der Waals surface area contributed by atoms with Crippen LogP contribution in [0.4, 0.5) is 4.39 Å². The van der Waals surface area contributed by atoms with Crippen molar-refractivity contribution in [3.05, 3.63) is 70.2 Å². The highest BCUT2D eigenvalue weighted by atomic mass is 19.1. The van der Waals surface area contributed by atoms with Crippen LogP contribution in [0.2, 0.25) is 0 Å². The molecule has 0 bridgehead atoms. The van der Waals surface area contributed by atoms with E-state index in [1.165, 1.54) is 18.4 Å². The highest BCUT2D eigenvalue weighted by Crippen LogP contribution is 2.41. The van der Waals surface area contributed by atoms with E-state index in [0.29, 0.717) is 45.6 Å². The molecule has 4 aromatic heterocycles. The first-order valence-corrected chi connectivity index (χ1v) is 12.8. The molecule has 0 aliphatic rings. The summed E-state index contributed by atoms with van der Waals surface area (Å²) in [5.74, 6) is 0.827. The highest BCUT2D eigenvalue weighted by Gasteiger charge is 2.23. The van der Waals surface area contributed by atoms with Crippen molar-refractivity contribution in [2.24, 2.45) is 7.05 Å². The number of nitrogens with zero attached hydrogens (tertiary/aromatic N) is 4. The van der Waals surface area contributed by atoms with E-state index in [0.717, 1.165) is 16.6 Å². The molecule has 1 amide bonds. The number of alkyl halides is 1. The third-order valence-corrected chi connectivity index (χ3v) is 6.60. The second-order valence-electron chi connectivity index (χ2n) is 10.4. The minimum atomic E-state index is -1.48. The fraction of sp³-hybridized carbons (Fsp3) is 0.310. The third-order valence-electron chi connectivity index (χ3n) is 6.60. The van der Waals surface area contributed by atoms with E-state index in [1.54, 1.807) is 36.4 Å². The SMILES string of the molecule is CCNC(=O)c1cc2c(-c3cc4c(cnn4CC(C)(C)F)cc3Oc3c(C)ccnc3C)cn(C)c(=O)c2[nH]1. The smallest absolute Gasteiger partial charge is 0.274 e.